The molecule has 0 rings (SSSR count). The molecule has 0 amide bonds. The van der Waals surface area contributed by atoms with Crippen LogP contribution in [0.5, 0.6) is 0 Å². The first-order valence-electron chi connectivity index (χ1n) is 11.0. The maximum absolute atomic E-state index is 6.29. The van der Waals surface area contributed by atoms with E-state index in [-0.39, 0.29) is 0 Å². The minimum Gasteiger partial charge on any atom is -0.169 e. The van der Waals surface area contributed by atoms with Crippen molar-refractivity contribution in [3.05, 3.63) is 0 Å². The average molecular weight is 379 g/mol. The van der Waals surface area contributed by atoms with E-state index in [1.807, 2.05) is 0 Å². The lowest BCUT2D eigenvalue weighted by molar-refractivity contribution is 0.526. The van der Waals surface area contributed by atoms with Crippen molar-refractivity contribution < 1.29 is 0 Å². The summed E-state index contributed by atoms with van der Waals surface area (Å²) in [7, 11) is 5.52. The fraction of sp³-hybridized carbons (Fsp3) is 1.00. The molecule has 0 radical (unpaired) electrons. The number of hydrogen-bond acceptors (Lipinski definition) is 0. The van der Waals surface area contributed by atoms with Gasteiger partial charge < -0.3 is 0 Å². The Morgan fingerprint density at radius 2 is 0.708 bits per heavy atom. The van der Waals surface area contributed by atoms with E-state index < -0.39 is 9.24 Å². The van der Waals surface area contributed by atoms with Crippen molar-refractivity contribution in [2.24, 2.45) is 0 Å². The van der Waals surface area contributed by atoms with Crippen LogP contribution in [-0.2, 0) is 0 Å². The van der Waals surface area contributed by atoms with Gasteiger partial charge in [-0.2, -0.15) is 9.24 Å². The highest BCUT2D eigenvalue weighted by Crippen LogP contribution is 2.45. The Morgan fingerprint density at radius 1 is 0.458 bits per heavy atom. The minimum atomic E-state index is -0.774. The first kappa shape index (κ1) is 24.6. The van der Waals surface area contributed by atoms with Crippen LogP contribution in [0, 0.1) is 0 Å². The molecule has 0 unspecified atom stereocenters. The normalized spacial score (nSPS) is 12.7. The number of unbranched alkanes of at least 4 members (excludes halogenated alkanes) is 17. The molecule has 0 aliphatic carbocycles. The molecule has 0 aromatic heterocycles. The molecule has 0 heterocycles. The number of rotatable bonds is 19. The third-order valence-electron chi connectivity index (χ3n) is 4.98. The lowest BCUT2D eigenvalue weighted by Gasteiger charge is -2.21. The molecule has 0 aromatic rings. The summed E-state index contributed by atoms with van der Waals surface area (Å²) in [4.78, 5) is 0. The summed E-state index contributed by atoms with van der Waals surface area (Å²) in [6, 6.07) is 0. The highest BCUT2D eigenvalue weighted by molar-refractivity contribution is 8.50. The van der Waals surface area contributed by atoms with E-state index in [0.29, 0.717) is 0 Å². The summed E-state index contributed by atoms with van der Waals surface area (Å²) >= 11 is 0. The van der Waals surface area contributed by atoms with Crippen molar-refractivity contribution in [3.8, 4) is 0 Å². The SMILES string of the molecule is CCCCCCCCCCCCCCCCCCCCS(C)(C)Cl. The molecular formula is C22H47ClS. The first-order valence-corrected chi connectivity index (χ1v) is 14.4. The molecule has 0 fully saturated rings. The fourth-order valence-electron chi connectivity index (χ4n) is 3.35. The molecule has 2 heteroatoms. The van der Waals surface area contributed by atoms with Gasteiger partial charge in [-0.1, -0.05) is 127 Å². The van der Waals surface area contributed by atoms with Crippen molar-refractivity contribution in [2.75, 3.05) is 18.3 Å². The van der Waals surface area contributed by atoms with Crippen LogP contribution < -0.4 is 0 Å². The van der Waals surface area contributed by atoms with Crippen LogP contribution in [0.15, 0.2) is 0 Å². The lowest BCUT2D eigenvalue weighted by Crippen LogP contribution is -1.93. The Kier molecular flexibility index (Phi) is 18.9. The number of halogens is 1. The molecule has 0 nitrogen and oxygen atoms in total. The quantitative estimate of drug-likeness (QED) is 0.196. The van der Waals surface area contributed by atoms with Crippen LogP contribution in [0.2, 0.25) is 0 Å². The van der Waals surface area contributed by atoms with E-state index in [0.717, 1.165) is 0 Å². The molecule has 0 N–H and O–H groups in total. The van der Waals surface area contributed by atoms with E-state index in [1.54, 1.807) is 0 Å². The molecule has 24 heavy (non-hydrogen) atoms. The third kappa shape index (κ3) is 22.6. The van der Waals surface area contributed by atoms with Gasteiger partial charge in [0.1, 0.15) is 0 Å². The van der Waals surface area contributed by atoms with Crippen LogP contribution in [0.3, 0.4) is 0 Å². The van der Waals surface area contributed by atoms with Gasteiger partial charge >= 0.3 is 0 Å². The Hall–Kier alpha value is 0.640. The highest BCUT2D eigenvalue weighted by atomic mass is 35.7. The second-order valence-corrected chi connectivity index (χ2v) is 13.8. The maximum atomic E-state index is 6.29. The predicted molar refractivity (Wildman–Crippen MR) is 119 cm³/mol. The van der Waals surface area contributed by atoms with Crippen molar-refractivity contribution in [1.82, 2.24) is 0 Å². The molecule has 0 bridgehead atoms. The molecule has 148 valence electrons. The molecule has 0 spiro atoms. The van der Waals surface area contributed by atoms with Gasteiger partial charge in [-0.15, -0.1) is 0 Å². The monoisotopic (exact) mass is 378 g/mol. The predicted octanol–water partition coefficient (Wildman–Crippen LogP) is 9.25. The smallest absolute Gasteiger partial charge is 0.0106 e. The average Bonchev–Trinajstić information content (AvgIpc) is 2.52. The van der Waals surface area contributed by atoms with E-state index in [1.165, 1.54) is 121 Å². The van der Waals surface area contributed by atoms with Gasteiger partial charge in [0.2, 0.25) is 0 Å². The van der Waals surface area contributed by atoms with E-state index in [9.17, 15) is 0 Å². The van der Waals surface area contributed by atoms with Gasteiger partial charge in [0.25, 0.3) is 0 Å². The zero-order valence-corrected chi connectivity index (χ0v) is 18.8. The molecule has 0 saturated heterocycles. The van der Waals surface area contributed by atoms with E-state index in [4.69, 9.17) is 10.7 Å². The number of hydrogen-bond donors (Lipinski definition) is 0. The zero-order chi connectivity index (χ0) is 17.9. The lowest BCUT2D eigenvalue weighted by atomic mass is 10.0. The van der Waals surface area contributed by atoms with Crippen LogP contribution in [0.25, 0.3) is 0 Å². The Labute approximate surface area is 160 Å². The minimum absolute atomic E-state index is 0.774. The molecule has 0 aliphatic rings. The molecular weight excluding hydrogens is 332 g/mol. The van der Waals surface area contributed by atoms with Crippen molar-refractivity contribution in [2.45, 2.75) is 122 Å². The Bertz CT molecular complexity index is 235. The van der Waals surface area contributed by atoms with Crippen molar-refractivity contribution in [3.63, 3.8) is 0 Å². The molecule has 0 aromatic carbocycles. The van der Waals surface area contributed by atoms with Gasteiger partial charge in [-0.3, -0.25) is 0 Å². The molecule has 0 saturated carbocycles. The molecule has 0 aliphatic heterocycles. The highest BCUT2D eigenvalue weighted by Gasteiger charge is 2.05. The zero-order valence-electron chi connectivity index (χ0n) is 17.2. The largest absolute Gasteiger partial charge is 0.169 e. The molecule has 0 atom stereocenters. The van der Waals surface area contributed by atoms with Crippen molar-refractivity contribution >= 4 is 19.9 Å². The topological polar surface area (TPSA) is 0 Å². The van der Waals surface area contributed by atoms with Gasteiger partial charge in [-0.25, -0.2) is 0 Å². The van der Waals surface area contributed by atoms with Crippen LogP contribution in [0.4, 0.5) is 0 Å². The summed E-state index contributed by atoms with van der Waals surface area (Å²) in [6.45, 7) is 2.30. The maximum Gasteiger partial charge on any atom is -0.0106 e. The van der Waals surface area contributed by atoms with E-state index >= 15 is 0 Å². The van der Waals surface area contributed by atoms with E-state index in [2.05, 4.69) is 19.4 Å². The second kappa shape index (κ2) is 18.4. The standard InChI is InChI=1S/C22H47ClS/c1-4-5-6-7-8-9-10-11-12-13-14-15-16-17-18-19-20-21-22-24(2,3)23/h4-22H2,1-3H3. The van der Waals surface area contributed by atoms with Crippen LogP contribution in [-0.4, -0.2) is 18.3 Å². The van der Waals surface area contributed by atoms with Crippen LogP contribution >= 0.6 is 19.9 Å². The Morgan fingerprint density at radius 3 is 0.958 bits per heavy atom. The fourth-order valence-corrected chi connectivity index (χ4v) is 4.56. The summed E-state index contributed by atoms with van der Waals surface area (Å²) in [5, 5.41) is 0. The Balaban J connectivity index is 3.00. The summed E-state index contributed by atoms with van der Waals surface area (Å²) in [5.41, 5.74) is 0. The van der Waals surface area contributed by atoms with Gasteiger partial charge in [0.05, 0.1) is 0 Å². The van der Waals surface area contributed by atoms with Crippen molar-refractivity contribution in [1.29, 1.82) is 0 Å². The van der Waals surface area contributed by atoms with Gasteiger partial charge in [0, 0.05) is 0 Å². The summed E-state index contributed by atoms with van der Waals surface area (Å²) in [6.07, 6.45) is 30.5. The second-order valence-electron chi connectivity index (χ2n) is 8.12. The third-order valence-corrected chi connectivity index (χ3v) is 6.71. The van der Waals surface area contributed by atoms with Crippen LogP contribution in [0.1, 0.15) is 122 Å². The van der Waals surface area contributed by atoms with Gasteiger partial charge in [-0.05, 0) is 24.7 Å². The summed E-state index contributed by atoms with van der Waals surface area (Å²) < 4.78 is 0. The summed E-state index contributed by atoms with van der Waals surface area (Å²) in [5.74, 6) is 1.24. The van der Waals surface area contributed by atoms with Gasteiger partial charge in [0.15, 0.2) is 0 Å². The first-order chi connectivity index (χ1) is 11.6.